The normalized spacial score (nSPS) is 20.3. The summed E-state index contributed by atoms with van der Waals surface area (Å²) < 4.78 is 13.4. The molecule has 1 atom stereocenters. The molecule has 4 heteroatoms. The standard InChI is InChI=1S/C15H17FN2O/c1-2-13-10-18(4-3-15(13)19)9-12-5-11(8-17)6-14(16)7-12/h5-7,13H,2-4,9-10H2,1H3. The Hall–Kier alpha value is -1.73. The summed E-state index contributed by atoms with van der Waals surface area (Å²) in [6.45, 7) is 4.06. The molecule has 0 N–H and O–H groups in total. The summed E-state index contributed by atoms with van der Waals surface area (Å²) in [5, 5.41) is 8.83. The maximum atomic E-state index is 13.4. The Bertz CT molecular complexity index is 521. The molecule has 1 unspecified atom stereocenters. The molecular weight excluding hydrogens is 243 g/mol. The molecule has 0 spiro atoms. The van der Waals surface area contributed by atoms with Crippen LogP contribution in [0.5, 0.6) is 0 Å². The van der Waals surface area contributed by atoms with Gasteiger partial charge in [0.25, 0.3) is 0 Å². The first-order valence-electron chi connectivity index (χ1n) is 6.57. The summed E-state index contributed by atoms with van der Waals surface area (Å²) in [7, 11) is 0. The van der Waals surface area contributed by atoms with Crippen molar-refractivity contribution in [3.8, 4) is 6.07 Å². The van der Waals surface area contributed by atoms with Crippen molar-refractivity contribution in [3.05, 3.63) is 35.1 Å². The van der Waals surface area contributed by atoms with Gasteiger partial charge < -0.3 is 0 Å². The van der Waals surface area contributed by atoms with Gasteiger partial charge in [0.1, 0.15) is 11.6 Å². The zero-order chi connectivity index (χ0) is 13.8. The Labute approximate surface area is 112 Å². The van der Waals surface area contributed by atoms with Crippen LogP contribution in [0.15, 0.2) is 18.2 Å². The molecule has 1 fully saturated rings. The molecule has 19 heavy (non-hydrogen) atoms. The van der Waals surface area contributed by atoms with E-state index < -0.39 is 0 Å². The third kappa shape index (κ3) is 3.39. The van der Waals surface area contributed by atoms with Crippen molar-refractivity contribution in [3.63, 3.8) is 0 Å². The number of nitriles is 1. The predicted molar refractivity (Wildman–Crippen MR) is 69.8 cm³/mol. The zero-order valence-corrected chi connectivity index (χ0v) is 11.0. The van der Waals surface area contributed by atoms with E-state index in [0.717, 1.165) is 18.5 Å². The number of halogens is 1. The van der Waals surface area contributed by atoms with Crippen LogP contribution in [-0.4, -0.2) is 23.8 Å². The number of carbonyl (C=O) groups excluding carboxylic acids is 1. The third-order valence-corrected chi connectivity index (χ3v) is 3.59. The number of likely N-dealkylation sites (tertiary alicyclic amines) is 1. The Morgan fingerprint density at radius 3 is 2.95 bits per heavy atom. The average molecular weight is 260 g/mol. The van der Waals surface area contributed by atoms with Gasteiger partial charge in [-0.15, -0.1) is 0 Å². The van der Waals surface area contributed by atoms with Crippen LogP contribution in [0, 0.1) is 23.1 Å². The largest absolute Gasteiger partial charge is 0.299 e. The van der Waals surface area contributed by atoms with Crippen LogP contribution in [0.3, 0.4) is 0 Å². The molecule has 3 nitrogen and oxygen atoms in total. The maximum absolute atomic E-state index is 13.4. The summed E-state index contributed by atoms with van der Waals surface area (Å²) in [5.74, 6) is 0.0441. The second-order valence-corrected chi connectivity index (χ2v) is 5.02. The van der Waals surface area contributed by atoms with Crippen molar-refractivity contribution < 1.29 is 9.18 Å². The monoisotopic (exact) mass is 260 g/mol. The molecular formula is C15H17FN2O. The first-order valence-corrected chi connectivity index (χ1v) is 6.57. The molecule has 1 saturated heterocycles. The number of piperidine rings is 1. The van der Waals surface area contributed by atoms with E-state index in [1.54, 1.807) is 6.07 Å². The smallest absolute Gasteiger partial charge is 0.138 e. The highest BCUT2D eigenvalue weighted by Gasteiger charge is 2.25. The molecule has 0 saturated carbocycles. The van der Waals surface area contributed by atoms with Crippen LogP contribution in [0.25, 0.3) is 0 Å². The SMILES string of the molecule is CCC1CN(Cc2cc(F)cc(C#N)c2)CCC1=O. The lowest BCUT2D eigenvalue weighted by atomic mass is 9.94. The molecule has 1 aromatic rings. The summed E-state index contributed by atoms with van der Waals surface area (Å²) >= 11 is 0. The van der Waals surface area contributed by atoms with E-state index in [2.05, 4.69) is 4.90 Å². The molecule has 0 aliphatic carbocycles. The number of hydrogen-bond acceptors (Lipinski definition) is 3. The van der Waals surface area contributed by atoms with Gasteiger partial charge in [0.05, 0.1) is 11.6 Å². The minimum atomic E-state index is -0.380. The zero-order valence-electron chi connectivity index (χ0n) is 11.0. The predicted octanol–water partition coefficient (Wildman–Crippen LogP) is 2.50. The molecule has 0 bridgehead atoms. The van der Waals surface area contributed by atoms with Crippen LogP contribution in [0.4, 0.5) is 4.39 Å². The third-order valence-electron chi connectivity index (χ3n) is 3.59. The van der Waals surface area contributed by atoms with Gasteiger partial charge >= 0.3 is 0 Å². The summed E-state index contributed by atoms with van der Waals surface area (Å²) in [4.78, 5) is 13.8. The van der Waals surface area contributed by atoms with Crippen molar-refractivity contribution in [1.82, 2.24) is 4.90 Å². The number of Topliss-reactive ketones (excluding diaryl/α,β-unsaturated/α-hetero) is 1. The van der Waals surface area contributed by atoms with Gasteiger partial charge in [0.2, 0.25) is 0 Å². The minimum absolute atomic E-state index is 0.0951. The highest BCUT2D eigenvalue weighted by Crippen LogP contribution is 2.19. The number of benzene rings is 1. The average Bonchev–Trinajstić information content (AvgIpc) is 2.40. The van der Waals surface area contributed by atoms with Crippen molar-refractivity contribution >= 4 is 5.78 Å². The second kappa shape index (κ2) is 5.94. The highest BCUT2D eigenvalue weighted by molar-refractivity contribution is 5.82. The van der Waals surface area contributed by atoms with Gasteiger partial charge in [-0.25, -0.2) is 4.39 Å². The number of carbonyl (C=O) groups is 1. The number of nitrogens with zero attached hydrogens (tertiary/aromatic N) is 2. The topological polar surface area (TPSA) is 44.1 Å². The highest BCUT2D eigenvalue weighted by atomic mass is 19.1. The van der Waals surface area contributed by atoms with Crippen LogP contribution in [-0.2, 0) is 11.3 Å². The van der Waals surface area contributed by atoms with Crippen LogP contribution in [0.2, 0.25) is 0 Å². The fourth-order valence-electron chi connectivity index (χ4n) is 2.54. The fourth-order valence-corrected chi connectivity index (χ4v) is 2.54. The molecule has 2 rings (SSSR count). The van der Waals surface area contributed by atoms with E-state index in [1.807, 2.05) is 13.0 Å². The molecule has 100 valence electrons. The van der Waals surface area contributed by atoms with E-state index in [9.17, 15) is 9.18 Å². The Balaban J connectivity index is 2.07. The second-order valence-electron chi connectivity index (χ2n) is 5.02. The van der Waals surface area contributed by atoms with Gasteiger partial charge in [-0.05, 0) is 30.2 Å². The van der Waals surface area contributed by atoms with E-state index in [-0.39, 0.29) is 11.7 Å². The Morgan fingerprint density at radius 2 is 2.26 bits per heavy atom. The van der Waals surface area contributed by atoms with Gasteiger partial charge in [0.15, 0.2) is 0 Å². The summed E-state index contributed by atoms with van der Waals surface area (Å²) in [6, 6.07) is 6.36. The minimum Gasteiger partial charge on any atom is -0.299 e. The van der Waals surface area contributed by atoms with Gasteiger partial charge in [-0.1, -0.05) is 6.92 Å². The quantitative estimate of drug-likeness (QED) is 0.838. The first kappa shape index (κ1) is 13.7. The van der Waals surface area contributed by atoms with Crippen molar-refractivity contribution in [2.24, 2.45) is 5.92 Å². The van der Waals surface area contributed by atoms with E-state index in [1.165, 1.54) is 12.1 Å². The van der Waals surface area contributed by atoms with E-state index in [0.29, 0.717) is 30.9 Å². The Morgan fingerprint density at radius 1 is 1.47 bits per heavy atom. The van der Waals surface area contributed by atoms with Gasteiger partial charge in [0, 0.05) is 32.0 Å². The molecule has 0 amide bonds. The van der Waals surface area contributed by atoms with Gasteiger partial charge in [-0.3, -0.25) is 9.69 Å². The Kier molecular flexibility index (Phi) is 4.28. The molecule has 1 heterocycles. The summed E-state index contributed by atoms with van der Waals surface area (Å²) in [6.07, 6.45) is 1.42. The summed E-state index contributed by atoms with van der Waals surface area (Å²) in [5.41, 5.74) is 1.14. The first-order chi connectivity index (χ1) is 9.12. The van der Waals surface area contributed by atoms with Crippen molar-refractivity contribution in [1.29, 1.82) is 5.26 Å². The van der Waals surface area contributed by atoms with Crippen molar-refractivity contribution in [2.75, 3.05) is 13.1 Å². The lowest BCUT2D eigenvalue weighted by Gasteiger charge is -2.31. The van der Waals surface area contributed by atoms with Gasteiger partial charge in [-0.2, -0.15) is 5.26 Å². The molecule has 1 aliphatic rings. The van der Waals surface area contributed by atoms with Crippen molar-refractivity contribution in [2.45, 2.75) is 26.3 Å². The molecule has 1 aliphatic heterocycles. The lowest BCUT2D eigenvalue weighted by Crippen LogP contribution is -2.40. The van der Waals surface area contributed by atoms with E-state index >= 15 is 0 Å². The number of hydrogen-bond donors (Lipinski definition) is 0. The maximum Gasteiger partial charge on any atom is 0.138 e. The van der Waals surface area contributed by atoms with Crippen LogP contribution in [0.1, 0.15) is 30.9 Å². The molecule has 0 radical (unpaired) electrons. The van der Waals surface area contributed by atoms with Crippen LogP contribution >= 0.6 is 0 Å². The number of ketones is 1. The number of rotatable bonds is 3. The van der Waals surface area contributed by atoms with Crippen LogP contribution < -0.4 is 0 Å². The molecule has 0 aromatic heterocycles. The fraction of sp³-hybridized carbons (Fsp3) is 0.467. The lowest BCUT2D eigenvalue weighted by molar-refractivity contribution is -0.126. The molecule has 1 aromatic carbocycles. The van der Waals surface area contributed by atoms with E-state index in [4.69, 9.17) is 5.26 Å².